The van der Waals surface area contributed by atoms with Gasteiger partial charge in [-0.1, -0.05) is 95.0 Å². The number of rotatable bonds is 18. The summed E-state index contributed by atoms with van der Waals surface area (Å²) in [7, 11) is 0. The molecule has 58 heavy (non-hydrogen) atoms. The average Bonchev–Trinajstić information content (AvgIpc) is 3.64. The van der Waals surface area contributed by atoms with Crippen molar-refractivity contribution in [2.75, 3.05) is 25.0 Å². The first-order valence-corrected chi connectivity index (χ1v) is 19.9. The molecule has 314 valence electrons. The molecule has 0 aromatic heterocycles. The summed E-state index contributed by atoms with van der Waals surface area (Å²) in [6.07, 6.45) is 3.68. The van der Waals surface area contributed by atoms with E-state index in [0.29, 0.717) is 30.5 Å². The number of primary amides is 1. The monoisotopic (exact) mass is 804 g/mol. The number of nitrogens with two attached hydrogens (primary N) is 1. The quantitative estimate of drug-likeness (QED) is 0.109. The largest absolute Gasteiger partial charge is 0.449 e. The Morgan fingerprint density at radius 2 is 1.52 bits per heavy atom. The molecule has 5 atom stereocenters. The fourth-order valence-electron chi connectivity index (χ4n) is 7.15. The number of Topliss-reactive ketones (excluding diaryl/α,β-unsaturated/α-hetero) is 1. The zero-order chi connectivity index (χ0) is 42.2. The molecule has 2 aromatic carbocycles. The van der Waals surface area contributed by atoms with Crippen molar-refractivity contribution < 1.29 is 43.1 Å². The van der Waals surface area contributed by atoms with E-state index in [1.807, 2.05) is 13.8 Å². The van der Waals surface area contributed by atoms with E-state index in [1.54, 1.807) is 67.6 Å². The molecule has 2 aromatic rings. The minimum Gasteiger partial charge on any atom is -0.449 e. The number of amides is 8. The molecular formula is C41H56N8O9. The molecule has 0 bridgehead atoms. The Morgan fingerprint density at radius 3 is 2.14 bits per heavy atom. The van der Waals surface area contributed by atoms with Crippen LogP contribution in [0.1, 0.15) is 83.7 Å². The van der Waals surface area contributed by atoms with Gasteiger partial charge in [0, 0.05) is 12.2 Å². The van der Waals surface area contributed by atoms with Gasteiger partial charge in [0.2, 0.25) is 29.4 Å². The lowest BCUT2D eigenvalue weighted by atomic mass is 9.83. The van der Waals surface area contributed by atoms with Crippen LogP contribution in [0.2, 0.25) is 0 Å². The molecule has 8 amide bonds. The molecular weight excluding hydrogens is 748 g/mol. The van der Waals surface area contributed by atoms with Gasteiger partial charge in [-0.15, -0.1) is 0 Å². The number of ketones is 1. The molecule has 1 heterocycles. The van der Waals surface area contributed by atoms with Crippen molar-refractivity contribution in [3.8, 4) is 0 Å². The van der Waals surface area contributed by atoms with Crippen LogP contribution in [0.25, 0.3) is 0 Å². The van der Waals surface area contributed by atoms with Crippen LogP contribution in [0, 0.1) is 11.8 Å². The highest BCUT2D eigenvalue weighted by Gasteiger charge is 2.45. The van der Waals surface area contributed by atoms with E-state index in [1.165, 1.54) is 4.90 Å². The first-order chi connectivity index (χ1) is 27.8. The van der Waals surface area contributed by atoms with Crippen LogP contribution >= 0.6 is 0 Å². The molecule has 0 radical (unpaired) electrons. The minimum absolute atomic E-state index is 0.0309. The van der Waals surface area contributed by atoms with E-state index in [9.17, 15) is 38.4 Å². The third-order valence-corrected chi connectivity index (χ3v) is 10.0. The number of alkyl carbamates (subject to hydrolysis) is 1. The topological polar surface area (TPSA) is 247 Å². The fourth-order valence-corrected chi connectivity index (χ4v) is 7.15. The van der Waals surface area contributed by atoms with Gasteiger partial charge in [-0.05, 0) is 55.2 Å². The molecule has 1 aliphatic carbocycles. The van der Waals surface area contributed by atoms with Crippen molar-refractivity contribution in [1.82, 2.24) is 31.5 Å². The number of hydrogen-bond donors (Lipinski definition) is 7. The highest BCUT2D eigenvalue weighted by molar-refractivity contribution is 6.38. The summed E-state index contributed by atoms with van der Waals surface area (Å²) in [5, 5.41) is 15.7. The Balaban J connectivity index is 1.50. The minimum atomic E-state index is -1.33. The SMILES string of the molecule is CCCC(NC(=O)[C@@H]1C[C@@H](NC(=O)Nc2ccccc2)CN1C(=O)[C@@H](NC(=O)OCC(C)C)C1CCCCC1)C(=O)C(=O)NCC(=O)N[C@H](C(N)=O)c1ccccc1. The lowest BCUT2D eigenvalue weighted by molar-refractivity contribution is -0.143. The fraction of sp³-hybridized carbons (Fsp3) is 0.512. The standard InChI is InChI=1S/C41H56N8O9/c1-4-14-30(35(51)38(54)43-22-32(50)47-33(36(42)52)26-15-8-5-9-16-26)46-37(53)31-21-29(45-40(56)44-28-19-12-7-13-20-28)23-49(31)39(55)34(27-17-10-6-11-18-27)48-41(57)58-24-25(2)3/h5,7-9,12-13,15-16,19-20,25,27,29-31,33-34H,4,6,10-11,14,17-18,21-24H2,1-3H3,(H2,42,52)(H,43,54)(H,46,53)(H,47,50)(H,48,57)(H2,44,45,56)/t29-,30?,31+,33+,34+/m1/s1. The van der Waals surface area contributed by atoms with Gasteiger partial charge < -0.3 is 47.3 Å². The van der Waals surface area contributed by atoms with Crippen molar-refractivity contribution in [1.29, 1.82) is 0 Å². The average molecular weight is 805 g/mol. The summed E-state index contributed by atoms with van der Waals surface area (Å²) >= 11 is 0. The number of nitrogens with one attached hydrogen (secondary N) is 6. The predicted octanol–water partition coefficient (Wildman–Crippen LogP) is 2.42. The first kappa shape index (κ1) is 44.7. The second kappa shape index (κ2) is 22.1. The number of ether oxygens (including phenoxy) is 1. The molecule has 1 aliphatic heterocycles. The van der Waals surface area contributed by atoms with E-state index in [4.69, 9.17) is 10.5 Å². The maximum absolute atomic E-state index is 14.5. The summed E-state index contributed by atoms with van der Waals surface area (Å²) in [4.78, 5) is 107. The molecule has 2 aliphatic rings. The number of benzene rings is 2. The number of carbonyl (C=O) groups is 8. The van der Waals surface area contributed by atoms with Gasteiger partial charge in [-0.25, -0.2) is 9.59 Å². The second-order valence-electron chi connectivity index (χ2n) is 15.1. The zero-order valence-electron chi connectivity index (χ0n) is 33.3. The summed E-state index contributed by atoms with van der Waals surface area (Å²) in [5.74, 6) is -5.23. The van der Waals surface area contributed by atoms with Gasteiger partial charge in [-0.2, -0.15) is 0 Å². The molecule has 2 fully saturated rings. The second-order valence-corrected chi connectivity index (χ2v) is 15.1. The third-order valence-electron chi connectivity index (χ3n) is 10.0. The van der Waals surface area contributed by atoms with Gasteiger partial charge in [-0.3, -0.25) is 28.8 Å². The van der Waals surface area contributed by atoms with Crippen LogP contribution in [0.3, 0.4) is 0 Å². The smallest absolute Gasteiger partial charge is 0.407 e. The maximum atomic E-state index is 14.5. The van der Waals surface area contributed by atoms with Crippen molar-refractivity contribution in [3.63, 3.8) is 0 Å². The predicted molar refractivity (Wildman–Crippen MR) is 214 cm³/mol. The summed E-state index contributed by atoms with van der Waals surface area (Å²) < 4.78 is 5.37. The highest BCUT2D eigenvalue weighted by atomic mass is 16.5. The summed E-state index contributed by atoms with van der Waals surface area (Å²) in [6.45, 7) is 4.92. The maximum Gasteiger partial charge on any atom is 0.407 e. The van der Waals surface area contributed by atoms with Crippen molar-refractivity contribution in [3.05, 3.63) is 66.2 Å². The van der Waals surface area contributed by atoms with Gasteiger partial charge >= 0.3 is 12.1 Å². The molecule has 17 nitrogen and oxygen atoms in total. The normalized spacial score (nSPS) is 18.2. The Kier molecular flexibility index (Phi) is 17.0. The van der Waals surface area contributed by atoms with Crippen LogP contribution in [-0.2, 0) is 33.5 Å². The Bertz CT molecular complexity index is 1750. The van der Waals surface area contributed by atoms with Crippen molar-refractivity contribution in [2.45, 2.75) is 102 Å². The van der Waals surface area contributed by atoms with Gasteiger partial charge in [0.15, 0.2) is 0 Å². The molecule has 1 saturated heterocycles. The Morgan fingerprint density at radius 1 is 0.862 bits per heavy atom. The van der Waals surface area contributed by atoms with Crippen LogP contribution in [-0.4, -0.2) is 96.2 Å². The number of nitrogens with zero attached hydrogens (tertiary/aromatic N) is 1. The molecule has 8 N–H and O–H groups in total. The Labute approximate surface area is 338 Å². The first-order valence-electron chi connectivity index (χ1n) is 19.9. The molecule has 0 spiro atoms. The molecule has 1 saturated carbocycles. The van der Waals surface area contributed by atoms with E-state index < -0.39 is 84.2 Å². The van der Waals surface area contributed by atoms with Crippen molar-refractivity contribution in [2.24, 2.45) is 17.6 Å². The van der Waals surface area contributed by atoms with Crippen LogP contribution in [0.15, 0.2) is 60.7 Å². The van der Waals surface area contributed by atoms with E-state index in [2.05, 4.69) is 31.9 Å². The zero-order valence-corrected chi connectivity index (χ0v) is 33.3. The van der Waals surface area contributed by atoms with Crippen LogP contribution in [0.4, 0.5) is 15.3 Å². The van der Waals surface area contributed by atoms with Crippen molar-refractivity contribution >= 4 is 53.1 Å². The number of hydrogen-bond acceptors (Lipinski definition) is 9. The number of anilines is 1. The third kappa shape index (κ3) is 13.3. The molecule has 4 rings (SSSR count). The van der Waals surface area contributed by atoms with Gasteiger partial charge in [0.25, 0.3) is 5.91 Å². The Hall–Kier alpha value is -6.00. The lowest BCUT2D eigenvalue weighted by Gasteiger charge is -2.34. The summed E-state index contributed by atoms with van der Waals surface area (Å²) in [6, 6.07) is 11.0. The van der Waals surface area contributed by atoms with E-state index in [0.717, 1.165) is 19.3 Å². The number of para-hydroxylation sites is 1. The molecule has 17 heteroatoms. The van der Waals surface area contributed by atoms with Crippen LogP contribution < -0.4 is 37.6 Å². The van der Waals surface area contributed by atoms with Gasteiger partial charge in [0.05, 0.1) is 25.2 Å². The number of likely N-dealkylation sites (tertiary alicyclic amines) is 1. The lowest BCUT2D eigenvalue weighted by Crippen LogP contribution is -2.58. The number of carbonyl (C=O) groups excluding carboxylic acids is 8. The van der Waals surface area contributed by atoms with E-state index in [-0.39, 0.29) is 37.8 Å². The van der Waals surface area contributed by atoms with Crippen LogP contribution in [0.5, 0.6) is 0 Å². The summed E-state index contributed by atoms with van der Waals surface area (Å²) in [5.41, 5.74) is 6.43. The van der Waals surface area contributed by atoms with E-state index >= 15 is 0 Å². The highest BCUT2D eigenvalue weighted by Crippen LogP contribution is 2.30. The number of urea groups is 1. The van der Waals surface area contributed by atoms with Gasteiger partial charge in [0.1, 0.15) is 18.1 Å². The molecule has 1 unspecified atom stereocenters.